The Labute approximate surface area is 99.2 Å². The monoisotopic (exact) mass is 154 g/mol. The van der Waals surface area contributed by atoms with E-state index in [1.807, 2.05) is 0 Å². The van der Waals surface area contributed by atoms with Crippen molar-refractivity contribution in [2.75, 3.05) is 0 Å². The van der Waals surface area contributed by atoms with E-state index in [4.69, 9.17) is 5.11 Å². The van der Waals surface area contributed by atoms with Gasteiger partial charge < -0.3 is 6.53 Å². The number of aliphatic hydroxyl groups is 1. The molecule has 0 amide bonds. The second kappa shape index (κ2) is 6.96. The summed E-state index contributed by atoms with van der Waals surface area (Å²) in [6, 6.07) is 0. The quantitative estimate of drug-likeness (QED) is 0.295. The Bertz CT molecular complexity index is 112. The van der Waals surface area contributed by atoms with Crippen LogP contribution in [-0.2, 0) is 4.79 Å². The van der Waals surface area contributed by atoms with E-state index >= 15 is 0 Å². The average Bonchev–Trinajstić information content (AvgIpc) is 1.67. The maximum Gasteiger partial charge on any atom is 1.00 e. The number of rotatable bonds is 2. The SMILES string of the molecule is CC(C)C(=O)C=CO.[H-].[K+]. The van der Waals surface area contributed by atoms with E-state index in [9.17, 15) is 4.79 Å². The molecule has 2 nitrogen and oxygen atoms in total. The molecule has 0 aliphatic rings. The van der Waals surface area contributed by atoms with Crippen molar-refractivity contribution >= 4 is 5.78 Å². The second-order valence-electron chi connectivity index (χ2n) is 1.87. The molecule has 0 saturated carbocycles. The van der Waals surface area contributed by atoms with Crippen LogP contribution in [0.2, 0.25) is 0 Å². The molecule has 0 aliphatic carbocycles. The summed E-state index contributed by atoms with van der Waals surface area (Å²) in [4.78, 5) is 10.5. The Morgan fingerprint density at radius 3 is 2.22 bits per heavy atom. The van der Waals surface area contributed by atoms with Crippen LogP contribution in [-0.4, -0.2) is 10.9 Å². The first-order valence-electron chi connectivity index (χ1n) is 2.53. The Morgan fingerprint density at radius 1 is 1.67 bits per heavy atom. The van der Waals surface area contributed by atoms with Gasteiger partial charge in [-0.1, -0.05) is 13.8 Å². The molecule has 48 valence electrons. The van der Waals surface area contributed by atoms with Crippen LogP contribution >= 0.6 is 0 Å². The summed E-state index contributed by atoms with van der Waals surface area (Å²) in [5, 5.41) is 8.08. The number of ketones is 1. The molecule has 0 spiro atoms. The maximum absolute atomic E-state index is 10.5. The zero-order valence-electron chi connectivity index (χ0n) is 7.09. The Morgan fingerprint density at radius 2 is 2.11 bits per heavy atom. The third-order valence-corrected chi connectivity index (χ3v) is 0.808. The molecule has 0 heterocycles. The van der Waals surface area contributed by atoms with Crippen LogP contribution in [0, 0.1) is 5.92 Å². The molecule has 0 aromatic heterocycles. The van der Waals surface area contributed by atoms with Crippen LogP contribution in [0.25, 0.3) is 0 Å². The molecular formula is C6H11KO2. The zero-order valence-corrected chi connectivity index (χ0v) is 9.21. The smallest absolute Gasteiger partial charge is 1.00 e. The van der Waals surface area contributed by atoms with E-state index in [2.05, 4.69) is 0 Å². The normalized spacial score (nSPS) is 9.67. The summed E-state index contributed by atoms with van der Waals surface area (Å²) >= 11 is 0. The molecule has 1 N–H and O–H groups in total. The van der Waals surface area contributed by atoms with E-state index in [-0.39, 0.29) is 64.5 Å². The van der Waals surface area contributed by atoms with E-state index in [0.717, 1.165) is 12.3 Å². The molecule has 0 atom stereocenters. The number of aliphatic hydroxyl groups excluding tert-OH is 1. The average molecular weight is 154 g/mol. The standard InChI is InChI=1S/C6H10O2.K.H/c1-5(2)6(8)3-4-7;;/h3-5,7H,1-2H3;;/q;+1;-1. The first-order chi connectivity index (χ1) is 3.68. The molecule has 0 aliphatic heterocycles. The van der Waals surface area contributed by atoms with Crippen molar-refractivity contribution in [2.24, 2.45) is 5.92 Å². The van der Waals surface area contributed by atoms with Crippen molar-refractivity contribution < 1.29 is 62.7 Å². The summed E-state index contributed by atoms with van der Waals surface area (Å²) in [6.45, 7) is 3.56. The van der Waals surface area contributed by atoms with Gasteiger partial charge in [-0.3, -0.25) is 4.79 Å². The summed E-state index contributed by atoms with van der Waals surface area (Å²) in [5.74, 6) is -0.0640. The summed E-state index contributed by atoms with van der Waals surface area (Å²) < 4.78 is 0. The van der Waals surface area contributed by atoms with Gasteiger partial charge in [0.15, 0.2) is 5.78 Å². The van der Waals surface area contributed by atoms with Crippen LogP contribution in [0.15, 0.2) is 12.3 Å². The summed E-state index contributed by atoms with van der Waals surface area (Å²) in [7, 11) is 0. The number of allylic oxidation sites excluding steroid dienone is 1. The third kappa shape index (κ3) is 6.74. The number of hydrogen-bond donors (Lipinski definition) is 1. The van der Waals surface area contributed by atoms with E-state index in [1.165, 1.54) is 0 Å². The largest absolute Gasteiger partial charge is 1.00 e. The van der Waals surface area contributed by atoms with Gasteiger partial charge in [-0.2, -0.15) is 0 Å². The van der Waals surface area contributed by atoms with E-state index < -0.39 is 0 Å². The van der Waals surface area contributed by atoms with Crippen molar-refractivity contribution in [2.45, 2.75) is 13.8 Å². The molecule has 0 bridgehead atoms. The minimum absolute atomic E-state index is 0. The molecule has 0 unspecified atom stereocenters. The fraction of sp³-hybridized carbons (Fsp3) is 0.500. The summed E-state index contributed by atoms with van der Waals surface area (Å²) in [6.07, 6.45) is 1.92. The first kappa shape index (κ1) is 12.5. The zero-order chi connectivity index (χ0) is 6.57. The maximum atomic E-state index is 10.5. The molecule has 0 radical (unpaired) electrons. The predicted molar refractivity (Wildman–Crippen MR) is 32.7 cm³/mol. The van der Waals surface area contributed by atoms with Gasteiger partial charge in [0.05, 0.1) is 6.26 Å². The minimum atomic E-state index is -0.0486. The van der Waals surface area contributed by atoms with Gasteiger partial charge in [-0.25, -0.2) is 0 Å². The van der Waals surface area contributed by atoms with Crippen LogP contribution in [0.1, 0.15) is 15.3 Å². The fourth-order valence-corrected chi connectivity index (χ4v) is 0.266. The van der Waals surface area contributed by atoms with Crippen molar-refractivity contribution in [1.29, 1.82) is 0 Å². The van der Waals surface area contributed by atoms with Gasteiger partial charge >= 0.3 is 51.4 Å². The van der Waals surface area contributed by atoms with Gasteiger partial charge in [-0.15, -0.1) is 0 Å². The Kier molecular flexibility index (Phi) is 9.68. The van der Waals surface area contributed by atoms with Crippen LogP contribution in [0.3, 0.4) is 0 Å². The molecule has 3 heteroatoms. The number of carbonyl (C=O) groups excluding carboxylic acids is 1. The van der Waals surface area contributed by atoms with Gasteiger partial charge in [0.2, 0.25) is 0 Å². The van der Waals surface area contributed by atoms with Crippen molar-refractivity contribution in [1.82, 2.24) is 0 Å². The molecule has 0 rings (SSSR count). The molecule has 0 aromatic carbocycles. The van der Waals surface area contributed by atoms with Crippen molar-refractivity contribution in [3.8, 4) is 0 Å². The van der Waals surface area contributed by atoms with Gasteiger partial charge in [0.25, 0.3) is 0 Å². The van der Waals surface area contributed by atoms with Crippen LogP contribution in [0.4, 0.5) is 0 Å². The Balaban J connectivity index is -0.000000245. The van der Waals surface area contributed by atoms with Crippen molar-refractivity contribution in [3.05, 3.63) is 12.3 Å². The van der Waals surface area contributed by atoms with Crippen LogP contribution < -0.4 is 51.4 Å². The number of carbonyl (C=O) groups is 1. The minimum Gasteiger partial charge on any atom is -1.00 e. The Hall–Kier alpha value is 0.846. The fourth-order valence-electron chi connectivity index (χ4n) is 0.266. The third-order valence-electron chi connectivity index (χ3n) is 0.808. The molecule has 0 aromatic rings. The molecular weight excluding hydrogens is 143 g/mol. The molecule has 0 saturated heterocycles. The first-order valence-corrected chi connectivity index (χ1v) is 2.53. The number of hydrogen-bond acceptors (Lipinski definition) is 2. The van der Waals surface area contributed by atoms with Crippen LogP contribution in [0.5, 0.6) is 0 Å². The molecule has 0 fully saturated rings. The van der Waals surface area contributed by atoms with E-state index in [0.29, 0.717) is 0 Å². The molecule has 9 heavy (non-hydrogen) atoms. The second-order valence-corrected chi connectivity index (χ2v) is 1.87. The van der Waals surface area contributed by atoms with Crippen molar-refractivity contribution in [3.63, 3.8) is 0 Å². The van der Waals surface area contributed by atoms with Gasteiger partial charge in [0.1, 0.15) is 0 Å². The van der Waals surface area contributed by atoms with Gasteiger partial charge in [0, 0.05) is 12.0 Å². The van der Waals surface area contributed by atoms with E-state index in [1.54, 1.807) is 13.8 Å². The summed E-state index contributed by atoms with van der Waals surface area (Å²) in [5.41, 5.74) is 0. The van der Waals surface area contributed by atoms with Gasteiger partial charge in [-0.05, 0) is 0 Å². The predicted octanol–water partition coefficient (Wildman–Crippen LogP) is -1.60. The topological polar surface area (TPSA) is 37.3 Å².